The lowest BCUT2D eigenvalue weighted by molar-refractivity contribution is -0.148. The number of rotatable bonds is 5. The summed E-state index contributed by atoms with van der Waals surface area (Å²) in [5.74, 6) is 0.860. The minimum atomic E-state index is -0.273. The highest BCUT2D eigenvalue weighted by atomic mass is 16.2. The molecule has 0 heterocycles. The molecule has 2 rings (SSSR count). The molecule has 1 aromatic carbocycles. The first-order chi connectivity index (χ1) is 9.07. The fraction of sp³-hybridized carbons (Fsp3) is 0.562. The molecule has 1 aliphatic rings. The van der Waals surface area contributed by atoms with E-state index in [9.17, 15) is 4.79 Å². The van der Waals surface area contributed by atoms with Crippen LogP contribution in [0.3, 0.4) is 0 Å². The molecule has 3 nitrogen and oxygen atoms in total. The molecule has 0 spiro atoms. The molecule has 1 amide bonds. The summed E-state index contributed by atoms with van der Waals surface area (Å²) in [6.45, 7) is 3.43. The molecule has 0 bridgehead atoms. The van der Waals surface area contributed by atoms with Gasteiger partial charge in [0.05, 0.1) is 5.41 Å². The Morgan fingerprint density at radius 3 is 2.53 bits per heavy atom. The van der Waals surface area contributed by atoms with Crippen LogP contribution >= 0.6 is 0 Å². The van der Waals surface area contributed by atoms with Crippen molar-refractivity contribution in [3.63, 3.8) is 0 Å². The van der Waals surface area contributed by atoms with Crippen molar-refractivity contribution in [1.82, 2.24) is 4.90 Å². The van der Waals surface area contributed by atoms with E-state index in [0.29, 0.717) is 12.5 Å². The highest BCUT2D eigenvalue weighted by Gasteiger charge is 2.48. The van der Waals surface area contributed by atoms with Crippen molar-refractivity contribution >= 4 is 5.91 Å². The van der Waals surface area contributed by atoms with Gasteiger partial charge in [-0.15, -0.1) is 0 Å². The quantitative estimate of drug-likeness (QED) is 0.881. The Kier molecular flexibility index (Phi) is 4.25. The molecule has 0 saturated heterocycles. The summed E-state index contributed by atoms with van der Waals surface area (Å²) < 4.78 is 0. The van der Waals surface area contributed by atoms with E-state index in [1.807, 2.05) is 30.1 Å². The van der Waals surface area contributed by atoms with Crippen LogP contribution in [0.15, 0.2) is 30.3 Å². The molecule has 2 N–H and O–H groups in total. The van der Waals surface area contributed by atoms with Gasteiger partial charge in [-0.25, -0.2) is 0 Å². The summed E-state index contributed by atoms with van der Waals surface area (Å²) in [4.78, 5) is 14.3. The lowest BCUT2D eigenvalue weighted by Gasteiger charge is -2.46. The third kappa shape index (κ3) is 2.98. The second kappa shape index (κ2) is 5.74. The molecular formula is C16H24N2O. The first-order valence-electron chi connectivity index (χ1n) is 7.07. The van der Waals surface area contributed by atoms with E-state index in [0.717, 1.165) is 25.8 Å². The van der Waals surface area contributed by atoms with Gasteiger partial charge >= 0.3 is 0 Å². The van der Waals surface area contributed by atoms with E-state index in [1.165, 1.54) is 5.56 Å². The molecule has 0 unspecified atom stereocenters. The van der Waals surface area contributed by atoms with Crippen LogP contribution in [-0.4, -0.2) is 30.9 Å². The molecule has 1 fully saturated rings. The first kappa shape index (κ1) is 14.1. The van der Waals surface area contributed by atoms with Crippen molar-refractivity contribution in [2.24, 2.45) is 17.1 Å². The van der Waals surface area contributed by atoms with Crippen LogP contribution in [-0.2, 0) is 11.2 Å². The second-order valence-corrected chi connectivity index (χ2v) is 5.96. The van der Waals surface area contributed by atoms with E-state index in [-0.39, 0.29) is 11.3 Å². The van der Waals surface area contributed by atoms with Crippen LogP contribution in [0.5, 0.6) is 0 Å². The lowest BCUT2D eigenvalue weighted by Crippen LogP contribution is -2.54. The smallest absolute Gasteiger partial charge is 0.229 e. The molecule has 0 atom stereocenters. The van der Waals surface area contributed by atoms with Crippen molar-refractivity contribution in [3.05, 3.63) is 35.9 Å². The summed E-state index contributed by atoms with van der Waals surface area (Å²) in [5.41, 5.74) is 6.83. The van der Waals surface area contributed by atoms with Gasteiger partial charge in [-0.3, -0.25) is 4.79 Å². The number of amides is 1. The molecule has 3 heteroatoms. The van der Waals surface area contributed by atoms with Crippen molar-refractivity contribution in [1.29, 1.82) is 0 Å². The van der Waals surface area contributed by atoms with Crippen LogP contribution in [0.2, 0.25) is 0 Å². The maximum absolute atomic E-state index is 12.5. The average molecular weight is 260 g/mol. The summed E-state index contributed by atoms with van der Waals surface area (Å²) >= 11 is 0. The molecule has 1 aromatic rings. The van der Waals surface area contributed by atoms with Gasteiger partial charge in [0.25, 0.3) is 0 Å². The van der Waals surface area contributed by atoms with E-state index in [4.69, 9.17) is 5.73 Å². The number of carbonyl (C=O) groups is 1. The summed E-state index contributed by atoms with van der Waals surface area (Å²) in [5, 5.41) is 0. The molecule has 1 saturated carbocycles. The third-order valence-corrected chi connectivity index (χ3v) is 4.25. The Morgan fingerprint density at radius 1 is 1.37 bits per heavy atom. The number of nitrogens with two attached hydrogens (primary N) is 1. The fourth-order valence-corrected chi connectivity index (χ4v) is 3.15. The predicted octanol–water partition coefficient (Wildman–Crippen LogP) is 2.06. The van der Waals surface area contributed by atoms with Crippen LogP contribution in [0, 0.1) is 11.3 Å². The normalized spacial score (nSPS) is 25.7. The van der Waals surface area contributed by atoms with Crippen LogP contribution in [0.4, 0.5) is 0 Å². The van der Waals surface area contributed by atoms with Crippen LogP contribution in [0.25, 0.3) is 0 Å². The number of likely N-dealkylation sites (N-methyl/N-ethyl adjacent to an activating group) is 1. The Morgan fingerprint density at radius 2 is 2.00 bits per heavy atom. The van der Waals surface area contributed by atoms with Gasteiger partial charge in [-0.2, -0.15) is 0 Å². The molecule has 1 aliphatic carbocycles. The zero-order chi connectivity index (χ0) is 13.9. The molecule has 0 aliphatic heterocycles. The maximum atomic E-state index is 12.5. The molecule has 0 radical (unpaired) electrons. The summed E-state index contributed by atoms with van der Waals surface area (Å²) in [6, 6.07) is 10.3. The standard InChI is InChI=1S/C16H24N2O/c1-13-10-16(11-13,12-17)15(19)18(2)9-8-14-6-4-3-5-7-14/h3-7,13H,8-12,17H2,1-2H3. The van der Waals surface area contributed by atoms with Gasteiger partial charge in [-0.1, -0.05) is 37.3 Å². The second-order valence-electron chi connectivity index (χ2n) is 5.96. The zero-order valence-corrected chi connectivity index (χ0v) is 11.9. The van der Waals surface area contributed by atoms with E-state index >= 15 is 0 Å². The zero-order valence-electron chi connectivity index (χ0n) is 11.9. The monoisotopic (exact) mass is 260 g/mol. The van der Waals surface area contributed by atoms with Gasteiger partial charge in [0.1, 0.15) is 0 Å². The number of hydrogen-bond donors (Lipinski definition) is 1. The third-order valence-electron chi connectivity index (χ3n) is 4.25. The molecule has 19 heavy (non-hydrogen) atoms. The minimum Gasteiger partial charge on any atom is -0.345 e. The Bertz CT molecular complexity index is 424. The summed E-state index contributed by atoms with van der Waals surface area (Å²) in [7, 11) is 1.89. The van der Waals surface area contributed by atoms with Gasteiger partial charge in [0.15, 0.2) is 0 Å². The first-order valence-corrected chi connectivity index (χ1v) is 7.07. The topological polar surface area (TPSA) is 46.3 Å². The lowest BCUT2D eigenvalue weighted by atomic mass is 9.62. The number of nitrogens with zero attached hydrogens (tertiary/aromatic N) is 1. The number of hydrogen-bond acceptors (Lipinski definition) is 2. The van der Waals surface area contributed by atoms with Gasteiger partial charge < -0.3 is 10.6 Å². The van der Waals surface area contributed by atoms with Gasteiger partial charge in [-0.05, 0) is 30.7 Å². The van der Waals surface area contributed by atoms with Crippen molar-refractivity contribution in [2.45, 2.75) is 26.2 Å². The Labute approximate surface area is 115 Å². The Hall–Kier alpha value is -1.35. The maximum Gasteiger partial charge on any atom is 0.229 e. The van der Waals surface area contributed by atoms with Crippen molar-refractivity contribution < 1.29 is 4.79 Å². The van der Waals surface area contributed by atoms with Gasteiger partial charge in [0, 0.05) is 20.1 Å². The van der Waals surface area contributed by atoms with Crippen molar-refractivity contribution in [3.8, 4) is 0 Å². The van der Waals surface area contributed by atoms with Gasteiger partial charge in [0.2, 0.25) is 5.91 Å². The SMILES string of the molecule is CC1CC(CN)(C(=O)N(C)CCc2ccccc2)C1. The highest BCUT2D eigenvalue weighted by molar-refractivity contribution is 5.83. The number of benzene rings is 1. The summed E-state index contributed by atoms with van der Waals surface area (Å²) in [6.07, 6.45) is 2.79. The largest absolute Gasteiger partial charge is 0.345 e. The van der Waals surface area contributed by atoms with E-state index < -0.39 is 0 Å². The van der Waals surface area contributed by atoms with Crippen LogP contribution in [0.1, 0.15) is 25.3 Å². The average Bonchev–Trinajstić information content (AvgIpc) is 2.41. The molecular weight excluding hydrogens is 236 g/mol. The fourth-order valence-electron chi connectivity index (χ4n) is 3.15. The Balaban J connectivity index is 1.89. The molecule has 104 valence electrons. The van der Waals surface area contributed by atoms with E-state index in [1.54, 1.807) is 0 Å². The highest BCUT2D eigenvalue weighted by Crippen LogP contribution is 2.45. The van der Waals surface area contributed by atoms with E-state index in [2.05, 4.69) is 19.1 Å². The predicted molar refractivity (Wildman–Crippen MR) is 77.7 cm³/mol. The van der Waals surface area contributed by atoms with Crippen LogP contribution < -0.4 is 5.73 Å². The number of carbonyl (C=O) groups excluding carboxylic acids is 1. The minimum absolute atomic E-state index is 0.226. The molecule has 0 aromatic heterocycles. The van der Waals surface area contributed by atoms with Crippen molar-refractivity contribution in [2.75, 3.05) is 20.1 Å².